The van der Waals surface area contributed by atoms with Crippen LogP contribution in [0.1, 0.15) is 32.8 Å². The second-order valence-electron chi connectivity index (χ2n) is 9.62. The monoisotopic (exact) mass is 497 g/mol. The van der Waals surface area contributed by atoms with Gasteiger partial charge >= 0.3 is 0 Å². The molecular formula is C31H34FN4O+. The van der Waals surface area contributed by atoms with Gasteiger partial charge in [-0.25, -0.2) is 14.4 Å². The van der Waals surface area contributed by atoms with Crippen molar-refractivity contribution in [1.82, 2.24) is 15.0 Å². The van der Waals surface area contributed by atoms with Gasteiger partial charge < -0.3 is 5.11 Å². The quantitative estimate of drug-likeness (QED) is 0.208. The number of aromatic nitrogens is 3. The smallest absolute Gasteiger partial charge is 0.160 e. The number of allylic oxidation sites excluding steroid dienone is 1. The van der Waals surface area contributed by atoms with E-state index in [4.69, 9.17) is 0 Å². The van der Waals surface area contributed by atoms with Gasteiger partial charge in [0.15, 0.2) is 5.65 Å². The predicted molar refractivity (Wildman–Crippen MR) is 149 cm³/mol. The molecule has 4 rings (SSSR count). The Morgan fingerprint density at radius 3 is 2.65 bits per heavy atom. The molecule has 4 aromatic rings. The van der Waals surface area contributed by atoms with Crippen LogP contribution in [0.4, 0.5) is 4.39 Å². The Bertz CT molecular complexity index is 1450. The molecule has 1 aromatic carbocycles. The number of benzene rings is 1. The van der Waals surface area contributed by atoms with E-state index in [2.05, 4.69) is 55.0 Å². The van der Waals surface area contributed by atoms with Gasteiger partial charge in [-0.1, -0.05) is 25.1 Å². The molecule has 0 amide bonds. The predicted octanol–water partition coefficient (Wildman–Crippen LogP) is 6.65. The minimum atomic E-state index is -0.320. The first-order chi connectivity index (χ1) is 17.9. The van der Waals surface area contributed by atoms with E-state index < -0.39 is 0 Å². The number of rotatable bonds is 9. The summed E-state index contributed by atoms with van der Waals surface area (Å²) in [5.74, 6) is -0.320. The van der Waals surface area contributed by atoms with Crippen LogP contribution in [-0.4, -0.2) is 50.8 Å². The van der Waals surface area contributed by atoms with Crippen LogP contribution >= 0.6 is 0 Å². The molecule has 5 nitrogen and oxygen atoms in total. The molecule has 0 spiro atoms. The zero-order valence-corrected chi connectivity index (χ0v) is 21.9. The molecule has 1 N–H and O–H groups in total. The summed E-state index contributed by atoms with van der Waals surface area (Å²) in [5.41, 5.74) is 5.48. The fraction of sp³-hybridized carbons (Fsp3) is 0.258. The average Bonchev–Trinajstić information content (AvgIpc) is 2.92. The summed E-state index contributed by atoms with van der Waals surface area (Å²) in [6.45, 7) is 7.36. The molecule has 190 valence electrons. The first-order valence-corrected chi connectivity index (χ1v) is 12.6. The van der Waals surface area contributed by atoms with Crippen LogP contribution in [0.15, 0.2) is 85.5 Å². The van der Waals surface area contributed by atoms with E-state index in [0.717, 1.165) is 40.6 Å². The number of aliphatic hydroxyl groups is 1. The van der Waals surface area contributed by atoms with E-state index >= 15 is 0 Å². The van der Waals surface area contributed by atoms with Crippen LogP contribution < -0.4 is 0 Å². The molecular weight excluding hydrogens is 463 g/mol. The van der Waals surface area contributed by atoms with Crippen LogP contribution in [0.3, 0.4) is 0 Å². The third kappa shape index (κ3) is 5.82. The molecule has 0 aliphatic rings. The Labute approximate surface area is 218 Å². The van der Waals surface area contributed by atoms with E-state index in [-0.39, 0.29) is 12.4 Å². The van der Waals surface area contributed by atoms with Gasteiger partial charge in [0.2, 0.25) is 0 Å². The number of aliphatic hydroxyl groups excluding tert-OH is 1. The molecule has 0 saturated carbocycles. The number of hydrogen-bond acceptors (Lipinski definition) is 4. The minimum absolute atomic E-state index is 0.0405. The van der Waals surface area contributed by atoms with Gasteiger partial charge in [0.1, 0.15) is 12.4 Å². The summed E-state index contributed by atoms with van der Waals surface area (Å²) in [4.78, 5) is 13.7. The summed E-state index contributed by atoms with van der Waals surface area (Å²) in [5, 5.41) is 10.1. The number of quaternary nitrogens is 1. The van der Waals surface area contributed by atoms with Crippen molar-refractivity contribution in [1.29, 1.82) is 0 Å². The van der Waals surface area contributed by atoms with E-state index in [9.17, 15) is 9.50 Å². The molecule has 0 radical (unpaired) electrons. The standard InChI is InChI=1S/C31H34FN4O/c1-5-23(3)36(4,15-8-9-16-37)21-22(2)24-17-25(20-33-19-24)28-18-30(27-11-6-7-13-29(27)32)35-31-26(28)12-10-14-34-31/h6-14,17-21,23,37H,5,15-16H2,1-4H3/q+1. The number of pyridine rings is 3. The van der Waals surface area contributed by atoms with Crippen molar-refractivity contribution in [2.24, 2.45) is 0 Å². The van der Waals surface area contributed by atoms with Crippen LogP contribution in [0.5, 0.6) is 0 Å². The van der Waals surface area contributed by atoms with Crippen LogP contribution in [0, 0.1) is 5.82 Å². The van der Waals surface area contributed by atoms with E-state index in [1.807, 2.05) is 36.7 Å². The highest BCUT2D eigenvalue weighted by atomic mass is 19.1. The van der Waals surface area contributed by atoms with Gasteiger partial charge in [-0.3, -0.25) is 9.47 Å². The Balaban J connectivity index is 1.81. The summed E-state index contributed by atoms with van der Waals surface area (Å²) in [6.07, 6.45) is 12.5. The minimum Gasteiger partial charge on any atom is -0.392 e. The third-order valence-corrected chi connectivity index (χ3v) is 7.10. The van der Waals surface area contributed by atoms with E-state index in [0.29, 0.717) is 27.4 Å². The molecule has 2 atom stereocenters. The molecule has 0 aliphatic carbocycles. The van der Waals surface area contributed by atoms with Gasteiger partial charge in [-0.15, -0.1) is 0 Å². The Morgan fingerprint density at radius 1 is 1.08 bits per heavy atom. The highest BCUT2D eigenvalue weighted by Crippen LogP contribution is 2.33. The fourth-order valence-electron chi connectivity index (χ4n) is 4.58. The Morgan fingerprint density at radius 2 is 1.89 bits per heavy atom. The molecule has 0 bridgehead atoms. The lowest BCUT2D eigenvalue weighted by Crippen LogP contribution is -2.46. The lowest BCUT2D eigenvalue weighted by atomic mass is 9.98. The summed E-state index contributed by atoms with van der Waals surface area (Å²) in [6, 6.07) is 15.0. The maximum absolute atomic E-state index is 14.6. The van der Waals surface area contributed by atoms with Gasteiger partial charge in [-0.2, -0.15) is 0 Å². The van der Waals surface area contributed by atoms with Gasteiger partial charge in [0, 0.05) is 46.2 Å². The van der Waals surface area contributed by atoms with E-state index in [1.54, 1.807) is 30.5 Å². The summed E-state index contributed by atoms with van der Waals surface area (Å²) >= 11 is 0. The number of halogens is 1. The molecule has 6 heteroatoms. The van der Waals surface area contributed by atoms with Crippen molar-refractivity contribution < 1.29 is 14.0 Å². The molecule has 0 fully saturated rings. The maximum atomic E-state index is 14.6. The maximum Gasteiger partial charge on any atom is 0.160 e. The number of nitrogens with zero attached hydrogens (tertiary/aromatic N) is 4. The van der Waals surface area contributed by atoms with Crippen molar-refractivity contribution in [3.05, 3.63) is 96.9 Å². The second kappa shape index (κ2) is 11.5. The second-order valence-corrected chi connectivity index (χ2v) is 9.62. The van der Waals surface area contributed by atoms with Crippen LogP contribution in [0.25, 0.3) is 39.0 Å². The molecule has 0 saturated heterocycles. The largest absolute Gasteiger partial charge is 0.392 e. The van der Waals surface area contributed by atoms with Crippen molar-refractivity contribution in [2.75, 3.05) is 20.2 Å². The van der Waals surface area contributed by atoms with Crippen molar-refractivity contribution in [3.8, 4) is 22.4 Å². The summed E-state index contributed by atoms with van der Waals surface area (Å²) < 4.78 is 15.4. The Hall–Kier alpha value is -3.74. The molecule has 0 aliphatic heterocycles. The number of fused-ring (bicyclic) bond motifs is 1. The van der Waals surface area contributed by atoms with Crippen LogP contribution in [0.2, 0.25) is 0 Å². The van der Waals surface area contributed by atoms with Crippen molar-refractivity contribution >= 4 is 16.6 Å². The molecule has 2 unspecified atom stereocenters. The number of likely N-dealkylation sites (N-methyl/N-ethyl adjacent to an activating group) is 1. The van der Waals surface area contributed by atoms with Gasteiger partial charge in [0.25, 0.3) is 0 Å². The first kappa shape index (κ1) is 26.3. The normalized spacial score (nSPS) is 14.7. The van der Waals surface area contributed by atoms with Crippen molar-refractivity contribution in [2.45, 2.75) is 33.2 Å². The molecule has 3 aromatic heterocycles. The Kier molecular flexibility index (Phi) is 8.21. The SMILES string of the molecule is CCC(C)[N+](C)(C=C(C)c1cncc(-c2cc(-c3ccccc3F)nc3ncccc23)c1)CC=CCO. The fourth-order valence-corrected chi connectivity index (χ4v) is 4.58. The lowest BCUT2D eigenvalue weighted by molar-refractivity contribution is -0.877. The third-order valence-electron chi connectivity index (χ3n) is 7.10. The average molecular weight is 498 g/mol. The van der Waals surface area contributed by atoms with Crippen molar-refractivity contribution in [3.63, 3.8) is 0 Å². The number of hydrogen-bond donors (Lipinski definition) is 1. The zero-order chi connectivity index (χ0) is 26.4. The van der Waals surface area contributed by atoms with Gasteiger partial charge in [0.05, 0.1) is 31.6 Å². The first-order valence-electron chi connectivity index (χ1n) is 12.6. The molecule has 3 heterocycles. The summed E-state index contributed by atoms with van der Waals surface area (Å²) in [7, 11) is 2.21. The highest BCUT2D eigenvalue weighted by Gasteiger charge is 2.25. The highest BCUT2D eigenvalue weighted by molar-refractivity contribution is 5.95. The van der Waals surface area contributed by atoms with Crippen LogP contribution in [-0.2, 0) is 0 Å². The van der Waals surface area contributed by atoms with E-state index in [1.165, 1.54) is 6.07 Å². The zero-order valence-electron chi connectivity index (χ0n) is 21.9. The lowest BCUT2D eigenvalue weighted by Gasteiger charge is -2.36. The van der Waals surface area contributed by atoms with Gasteiger partial charge in [-0.05, 0) is 68.3 Å². The topological polar surface area (TPSA) is 58.9 Å². The molecule has 37 heavy (non-hydrogen) atoms.